The standard InChI is InChI=1S/C34H50N2O6/c1-4-5-6-7-8-11-14-23-39-30-19-17-29(18-20-30)34-35-26-31(27-36-34)40-24-15-12-9-10-13-16-25-41-32(37)21-22-33(38)42-28(2)3/h17-22,26-28H,4-16,23-25H2,1-3H3/b22-21+. The van der Waals surface area contributed by atoms with E-state index in [1.165, 1.54) is 38.5 Å². The summed E-state index contributed by atoms with van der Waals surface area (Å²) in [6, 6.07) is 7.93. The summed E-state index contributed by atoms with van der Waals surface area (Å²) in [6.07, 6.45) is 20.3. The van der Waals surface area contributed by atoms with Crippen LogP contribution in [0.5, 0.6) is 11.5 Å². The van der Waals surface area contributed by atoms with Crippen LogP contribution in [0.1, 0.15) is 104 Å². The van der Waals surface area contributed by atoms with E-state index in [-0.39, 0.29) is 6.10 Å². The lowest BCUT2D eigenvalue weighted by atomic mass is 10.1. The maximum absolute atomic E-state index is 11.6. The summed E-state index contributed by atoms with van der Waals surface area (Å²) in [5.74, 6) is 1.14. The molecule has 1 heterocycles. The zero-order valence-electron chi connectivity index (χ0n) is 25.9. The van der Waals surface area contributed by atoms with Gasteiger partial charge in [0.1, 0.15) is 5.75 Å². The lowest BCUT2D eigenvalue weighted by Crippen LogP contribution is -2.09. The number of rotatable bonds is 23. The van der Waals surface area contributed by atoms with E-state index in [9.17, 15) is 9.59 Å². The van der Waals surface area contributed by atoms with Crippen molar-refractivity contribution in [3.8, 4) is 22.9 Å². The van der Waals surface area contributed by atoms with Crippen molar-refractivity contribution in [2.45, 2.75) is 110 Å². The summed E-state index contributed by atoms with van der Waals surface area (Å²) in [5, 5.41) is 0. The van der Waals surface area contributed by atoms with E-state index in [0.717, 1.165) is 75.0 Å². The third-order valence-corrected chi connectivity index (χ3v) is 6.52. The fraction of sp³-hybridized carbons (Fsp3) is 0.588. The molecular weight excluding hydrogens is 532 g/mol. The average molecular weight is 583 g/mol. The van der Waals surface area contributed by atoms with Gasteiger partial charge in [0.25, 0.3) is 0 Å². The van der Waals surface area contributed by atoms with Crippen molar-refractivity contribution in [3.05, 3.63) is 48.8 Å². The van der Waals surface area contributed by atoms with Crippen LogP contribution in [0.4, 0.5) is 0 Å². The van der Waals surface area contributed by atoms with Crippen molar-refractivity contribution >= 4 is 11.9 Å². The predicted octanol–water partition coefficient (Wildman–Crippen LogP) is 8.04. The quantitative estimate of drug-likeness (QED) is 0.0738. The molecule has 1 aromatic carbocycles. The Morgan fingerprint density at radius 3 is 1.74 bits per heavy atom. The van der Waals surface area contributed by atoms with Crippen molar-refractivity contribution in [2.24, 2.45) is 0 Å². The van der Waals surface area contributed by atoms with Gasteiger partial charge in [-0.3, -0.25) is 0 Å². The van der Waals surface area contributed by atoms with Gasteiger partial charge in [0.2, 0.25) is 0 Å². The van der Waals surface area contributed by atoms with Crippen LogP contribution in [0.3, 0.4) is 0 Å². The molecule has 0 aliphatic carbocycles. The minimum absolute atomic E-state index is 0.218. The van der Waals surface area contributed by atoms with E-state index in [1.807, 2.05) is 24.3 Å². The zero-order chi connectivity index (χ0) is 30.3. The van der Waals surface area contributed by atoms with Crippen LogP contribution < -0.4 is 9.47 Å². The molecule has 0 fully saturated rings. The Morgan fingerprint density at radius 1 is 0.667 bits per heavy atom. The van der Waals surface area contributed by atoms with E-state index >= 15 is 0 Å². The molecule has 2 aromatic rings. The van der Waals surface area contributed by atoms with Gasteiger partial charge < -0.3 is 18.9 Å². The number of hydrogen-bond donors (Lipinski definition) is 0. The highest BCUT2D eigenvalue weighted by molar-refractivity contribution is 5.91. The normalized spacial score (nSPS) is 11.1. The van der Waals surface area contributed by atoms with Gasteiger partial charge in [-0.05, 0) is 57.4 Å². The molecule has 0 amide bonds. The summed E-state index contributed by atoms with van der Waals surface area (Å²) in [5.41, 5.74) is 0.947. The van der Waals surface area contributed by atoms with Gasteiger partial charge in [-0.1, -0.05) is 71.1 Å². The molecule has 0 aliphatic heterocycles. The third-order valence-electron chi connectivity index (χ3n) is 6.52. The second-order valence-electron chi connectivity index (χ2n) is 10.7. The van der Waals surface area contributed by atoms with Crippen molar-refractivity contribution in [1.82, 2.24) is 9.97 Å². The van der Waals surface area contributed by atoms with Gasteiger partial charge in [0.15, 0.2) is 11.6 Å². The largest absolute Gasteiger partial charge is 0.494 e. The van der Waals surface area contributed by atoms with Crippen LogP contribution in [0.15, 0.2) is 48.8 Å². The van der Waals surface area contributed by atoms with Crippen molar-refractivity contribution in [2.75, 3.05) is 19.8 Å². The lowest BCUT2D eigenvalue weighted by Gasteiger charge is -2.08. The maximum Gasteiger partial charge on any atom is 0.331 e. The first kappa shape index (κ1) is 34.8. The number of unbranched alkanes of at least 4 members (excludes halogenated alkanes) is 11. The Labute approximate surface area is 252 Å². The lowest BCUT2D eigenvalue weighted by molar-refractivity contribution is -0.142. The number of esters is 2. The number of ether oxygens (including phenoxy) is 4. The van der Waals surface area contributed by atoms with Crippen molar-refractivity contribution < 1.29 is 28.5 Å². The topological polar surface area (TPSA) is 96.8 Å². The molecule has 0 atom stereocenters. The smallest absolute Gasteiger partial charge is 0.331 e. The van der Waals surface area contributed by atoms with Crippen molar-refractivity contribution in [3.63, 3.8) is 0 Å². The van der Waals surface area contributed by atoms with Crippen LogP contribution in [-0.4, -0.2) is 47.8 Å². The number of carbonyl (C=O) groups is 2. The first-order valence-corrected chi connectivity index (χ1v) is 15.7. The van der Waals surface area contributed by atoms with Crippen LogP contribution >= 0.6 is 0 Å². The van der Waals surface area contributed by atoms with Crippen molar-refractivity contribution in [1.29, 1.82) is 0 Å². The summed E-state index contributed by atoms with van der Waals surface area (Å²) in [7, 11) is 0. The van der Waals surface area contributed by atoms with Gasteiger partial charge >= 0.3 is 11.9 Å². The molecule has 0 bridgehead atoms. The van der Waals surface area contributed by atoms with Gasteiger partial charge in [-0.25, -0.2) is 19.6 Å². The highest BCUT2D eigenvalue weighted by atomic mass is 16.5. The predicted molar refractivity (Wildman–Crippen MR) is 165 cm³/mol. The number of carbonyl (C=O) groups excluding carboxylic acids is 2. The summed E-state index contributed by atoms with van der Waals surface area (Å²) in [4.78, 5) is 31.9. The Bertz CT molecular complexity index is 1020. The highest BCUT2D eigenvalue weighted by Gasteiger charge is 2.05. The summed E-state index contributed by atoms with van der Waals surface area (Å²) < 4.78 is 21.7. The van der Waals surface area contributed by atoms with Crippen LogP contribution in [0.25, 0.3) is 11.4 Å². The van der Waals surface area contributed by atoms with E-state index in [0.29, 0.717) is 24.8 Å². The molecule has 0 radical (unpaired) electrons. The molecule has 8 heteroatoms. The summed E-state index contributed by atoms with van der Waals surface area (Å²) in [6.45, 7) is 7.47. The summed E-state index contributed by atoms with van der Waals surface area (Å²) >= 11 is 0. The van der Waals surface area contributed by atoms with Gasteiger partial charge in [-0.15, -0.1) is 0 Å². The Kier molecular flexibility index (Phi) is 18.4. The molecule has 8 nitrogen and oxygen atoms in total. The Hall–Kier alpha value is -3.42. The molecule has 0 saturated carbocycles. The molecule has 1 aromatic heterocycles. The molecule has 0 spiro atoms. The monoisotopic (exact) mass is 582 g/mol. The number of aromatic nitrogens is 2. The van der Waals surface area contributed by atoms with Crippen LogP contribution in [0.2, 0.25) is 0 Å². The van der Waals surface area contributed by atoms with Gasteiger partial charge in [0, 0.05) is 17.7 Å². The SMILES string of the molecule is CCCCCCCCCOc1ccc(-c2ncc(OCCCCCCCCOC(=O)/C=C/C(=O)OC(C)C)cn2)cc1. The fourth-order valence-electron chi connectivity index (χ4n) is 4.22. The Morgan fingerprint density at radius 2 is 1.17 bits per heavy atom. The second-order valence-corrected chi connectivity index (χ2v) is 10.7. The van der Waals surface area contributed by atoms with Crippen LogP contribution in [-0.2, 0) is 19.1 Å². The zero-order valence-corrected chi connectivity index (χ0v) is 25.9. The molecule has 0 unspecified atom stereocenters. The van der Waals surface area contributed by atoms with Gasteiger partial charge in [-0.2, -0.15) is 0 Å². The first-order chi connectivity index (χ1) is 20.5. The van der Waals surface area contributed by atoms with E-state index in [2.05, 4.69) is 16.9 Å². The first-order valence-electron chi connectivity index (χ1n) is 15.7. The molecule has 0 saturated heterocycles. The third kappa shape index (κ3) is 16.7. The molecule has 232 valence electrons. The number of nitrogens with zero attached hydrogens (tertiary/aromatic N) is 2. The fourth-order valence-corrected chi connectivity index (χ4v) is 4.22. The average Bonchev–Trinajstić information content (AvgIpc) is 2.98. The molecule has 2 rings (SSSR count). The minimum Gasteiger partial charge on any atom is -0.494 e. The van der Waals surface area contributed by atoms with E-state index < -0.39 is 11.9 Å². The molecule has 42 heavy (non-hydrogen) atoms. The molecular formula is C34H50N2O6. The Balaban J connectivity index is 1.49. The maximum atomic E-state index is 11.6. The minimum atomic E-state index is -0.545. The van der Waals surface area contributed by atoms with Gasteiger partial charge in [0.05, 0.1) is 38.3 Å². The van der Waals surface area contributed by atoms with Crippen LogP contribution in [0, 0.1) is 0 Å². The highest BCUT2D eigenvalue weighted by Crippen LogP contribution is 2.21. The molecule has 0 aliphatic rings. The van der Waals surface area contributed by atoms with E-state index in [1.54, 1.807) is 26.2 Å². The number of hydrogen-bond acceptors (Lipinski definition) is 8. The van der Waals surface area contributed by atoms with E-state index in [4.69, 9.17) is 18.9 Å². The number of benzene rings is 1. The molecule has 0 N–H and O–H groups in total. The second kappa shape index (κ2) is 22.2.